The Balaban J connectivity index is 1.54. The van der Waals surface area contributed by atoms with Gasteiger partial charge in [-0.3, -0.25) is 4.79 Å². The monoisotopic (exact) mass is 355 g/mol. The van der Waals surface area contributed by atoms with Gasteiger partial charge in [0.05, 0.1) is 11.9 Å². The second-order valence-corrected chi connectivity index (χ2v) is 7.40. The lowest BCUT2D eigenvalue weighted by molar-refractivity contribution is -0.605. The molecule has 2 unspecified atom stereocenters. The summed E-state index contributed by atoms with van der Waals surface area (Å²) in [7, 11) is 0. The number of carbonyl (C=O) groups is 2. The van der Waals surface area contributed by atoms with Crippen LogP contribution in [-0.2, 0) is 11.2 Å². The van der Waals surface area contributed by atoms with Crippen molar-refractivity contribution in [2.24, 2.45) is 5.92 Å². The van der Waals surface area contributed by atoms with Crippen LogP contribution in [0.25, 0.3) is 5.82 Å². The smallest absolute Gasteiger partial charge is 0.329 e. The summed E-state index contributed by atoms with van der Waals surface area (Å²) in [6.07, 6.45) is 7.43. The molecule has 2 heterocycles. The van der Waals surface area contributed by atoms with Crippen LogP contribution in [0.3, 0.4) is 0 Å². The molecular weight excluding hydrogens is 338 g/mol. The van der Waals surface area contributed by atoms with Crippen LogP contribution in [0, 0.1) is 11.1 Å². The molecule has 0 spiro atoms. The summed E-state index contributed by atoms with van der Waals surface area (Å²) in [6.45, 7) is 0. The van der Waals surface area contributed by atoms with Gasteiger partial charge in [0.15, 0.2) is 11.9 Å². The number of amides is 1. The SMILES string of the molecule is O=C(NC1(C(=O)O)CCC1)c1nn(-c2c[n+]([O-])ccn2)c2c1CC1CC21. The third-order valence-corrected chi connectivity index (χ3v) is 5.83. The van der Waals surface area contributed by atoms with Crippen LogP contribution in [0.5, 0.6) is 0 Å². The number of fused-ring (bicyclic) bond motifs is 3. The van der Waals surface area contributed by atoms with Crippen molar-refractivity contribution in [3.05, 3.63) is 40.7 Å². The largest absolute Gasteiger partial charge is 0.619 e. The molecule has 9 nitrogen and oxygen atoms in total. The quantitative estimate of drug-likeness (QED) is 0.600. The summed E-state index contributed by atoms with van der Waals surface area (Å²) in [6, 6.07) is 0. The van der Waals surface area contributed by atoms with Gasteiger partial charge in [0.1, 0.15) is 5.54 Å². The van der Waals surface area contributed by atoms with Gasteiger partial charge in [-0.25, -0.2) is 14.5 Å². The molecule has 2 aromatic rings. The van der Waals surface area contributed by atoms with Crippen molar-refractivity contribution in [2.75, 3.05) is 0 Å². The second kappa shape index (κ2) is 5.03. The number of hydrogen-bond donors (Lipinski definition) is 2. The van der Waals surface area contributed by atoms with Gasteiger partial charge in [0, 0.05) is 11.5 Å². The number of aromatic nitrogens is 4. The Morgan fingerprint density at radius 2 is 2.23 bits per heavy atom. The van der Waals surface area contributed by atoms with Crippen LogP contribution in [0.2, 0.25) is 0 Å². The van der Waals surface area contributed by atoms with Crippen LogP contribution in [-0.4, -0.2) is 37.3 Å². The number of carboxylic acid groups (broad SMARTS) is 1. The van der Waals surface area contributed by atoms with E-state index in [0.29, 0.717) is 35.2 Å². The number of aliphatic carboxylic acids is 1. The minimum atomic E-state index is -1.18. The van der Waals surface area contributed by atoms with Gasteiger partial charge in [-0.15, -0.1) is 0 Å². The van der Waals surface area contributed by atoms with E-state index in [2.05, 4.69) is 15.4 Å². The van der Waals surface area contributed by atoms with E-state index < -0.39 is 17.4 Å². The topological polar surface area (TPSA) is 124 Å². The Hall–Kier alpha value is -2.97. The first kappa shape index (κ1) is 15.3. The highest BCUT2D eigenvalue weighted by Crippen LogP contribution is 2.57. The van der Waals surface area contributed by atoms with E-state index in [-0.39, 0.29) is 5.69 Å². The molecule has 2 atom stereocenters. The predicted molar refractivity (Wildman–Crippen MR) is 86.6 cm³/mol. The van der Waals surface area contributed by atoms with Crippen molar-refractivity contribution in [3.8, 4) is 5.82 Å². The molecule has 0 bridgehead atoms. The summed E-state index contributed by atoms with van der Waals surface area (Å²) in [5, 5.41) is 28.1. The van der Waals surface area contributed by atoms with Crippen LogP contribution in [0.4, 0.5) is 0 Å². The highest BCUT2D eigenvalue weighted by Gasteiger charge is 2.52. The molecule has 9 heteroatoms. The van der Waals surface area contributed by atoms with Crippen molar-refractivity contribution in [1.29, 1.82) is 0 Å². The number of hydrogen-bond acceptors (Lipinski definition) is 5. The first-order chi connectivity index (χ1) is 12.5. The molecule has 3 aliphatic carbocycles. The van der Waals surface area contributed by atoms with E-state index in [4.69, 9.17) is 0 Å². The Kier molecular flexibility index (Phi) is 2.96. The number of nitrogens with zero attached hydrogens (tertiary/aromatic N) is 4. The van der Waals surface area contributed by atoms with Crippen LogP contribution >= 0.6 is 0 Å². The summed E-state index contributed by atoms with van der Waals surface area (Å²) >= 11 is 0. The van der Waals surface area contributed by atoms with E-state index in [1.165, 1.54) is 18.6 Å². The number of carbonyl (C=O) groups excluding carboxylic acids is 1. The molecule has 134 valence electrons. The average Bonchev–Trinajstić information content (AvgIpc) is 3.06. The van der Waals surface area contributed by atoms with E-state index in [9.17, 15) is 19.9 Å². The molecule has 3 aliphatic rings. The molecule has 2 fully saturated rings. The van der Waals surface area contributed by atoms with E-state index in [1.54, 1.807) is 4.68 Å². The van der Waals surface area contributed by atoms with Crippen molar-refractivity contribution in [3.63, 3.8) is 0 Å². The van der Waals surface area contributed by atoms with Gasteiger partial charge in [-0.2, -0.15) is 9.83 Å². The Bertz CT molecular complexity index is 949. The highest BCUT2D eigenvalue weighted by atomic mass is 16.5. The lowest BCUT2D eigenvalue weighted by Gasteiger charge is -2.38. The molecule has 0 radical (unpaired) electrons. The van der Waals surface area contributed by atoms with E-state index in [1.807, 2.05) is 0 Å². The zero-order chi connectivity index (χ0) is 18.1. The minimum Gasteiger partial charge on any atom is -0.619 e. The zero-order valence-corrected chi connectivity index (χ0v) is 13.9. The lowest BCUT2D eigenvalue weighted by atomic mass is 9.76. The molecular formula is C17H17N5O4. The molecule has 1 amide bonds. The fourth-order valence-corrected chi connectivity index (χ4v) is 4.15. The van der Waals surface area contributed by atoms with E-state index >= 15 is 0 Å². The second-order valence-electron chi connectivity index (χ2n) is 7.40. The fraction of sp³-hybridized carbons (Fsp3) is 0.471. The Morgan fingerprint density at radius 1 is 1.42 bits per heavy atom. The van der Waals surface area contributed by atoms with Crippen molar-refractivity contribution < 1.29 is 19.4 Å². The molecule has 2 N–H and O–H groups in total. The molecule has 0 aromatic carbocycles. The standard InChI is InChI=1S/C17H17N5O4/c23-15(19-17(16(24)25)2-1-3-17)13-11-7-9-6-10(9)14(11)22(20-13)12-8-21(26)5-4-18-12/h4-5,8-10H,1-3,6-7H2,(H,19,23)(H,24,25). The first-order valence-corrected chi connectivity index (χ1v) is 8.71. The molecule has 2 saturated carbocycles. The fourth-order valence-electron chi connectivity index (χ4n) is 4.15. The number of rotatable bonds is 4. The predicted octanol–water partition coefficient (Wildman–Crippen LogP) is 0.297. The summed E-state index contributed by atoms with van der Waals surface area (Å²) < 4.78 is 2.22. The minimum absolute atomic E-state index is 0.253. The van der Waals surface area contributed by atoms with Gasteiger partial charge < -0.3 is 15.6 Å². The Labute approximate surface area is 148 Å². The van der Waals surface area contributed by atoms with Gasteiger partial charge in [0.2, 0.25) is 12.0 Å². The van der Waals surface area contributed by atoms with Crippen molar-refractivity contribution >= 4 is 11.9 Å². The maximum atomic E-state index is 12.8. The third kappa shape index (κ3) is 2.06. The Morgan fingerprint density at radius 3 is 2.88 bits per heavy atom. The highest BCUT2D eigenvalue weighted by molar-refractivity contribution is 5.98. The molecule has 26 heavy (non-hydrogen) atoms. The van der Waals surface area contributed by atoms with Crippen molar-refractivity contribution in [1.82, 2.24) is 20.1 Å². The van der Waals surface area contributed by atoms with Gasteiger partial charge in [-0.05, 0) is 38.0 Å². The average molecular weight is 355 g/mol. The summed E-state index contributed by atoms with van der Waals surface area (Å²) in [5.74, 6) is -0.274. The maximum Gasteiger partial charge on any atom is 0.329 e. The molecule has 0 aliphatic heterocycles. The first-order valence-electron chi connectivity index (χ1n) is 8.71. The third-order valence-electron chi connectivity index (χ3n) is 5.83. The van der Waals surface area contributed by atoms with Crippen LogP contribution in [0.1, 0.15) is 53.3 Å². The van der Waals surface area contributed by atoms with E-state index in [0.717, 1.165) is 30.5 Å². The normalized spacial score (nSPS) is 24.3. The zero-order valence-electron chi connectivity index (χ0n) is 13.9. The summed E-state index contributed by atoms with van der Waals surface area (Å²) in [5.41, 5.74) is 0.851. The summed E-state index contributed by atoms with van der Waals surface area (Å²) in [4.78, 5) is 28.5. The van der Waals surface area contributed by atoms with Crippen LogP contribution < -0.4 is 10.0 Å². The lowest BCUT2D eigenvalue weighted by Crippen LogP contribution is -2.59. The number of nitrogens with one attached hydrogen (secondary N) is 1. The van der Waals surface area contributed by atoms with Gasteiger partial charge >= 0.3 is 5.97 Å². The van der Waals surface area contributed by atoms with Gasteiger partial charge in [-0.1, -0.05) is 0 Å². The van der Waals surface area contributed by atoms with Gasteiger partial charge in [0.25, 0.3) is 5.91 Å². The maximum absolute atomic E-state index is 12.8. The molecule has 2 aromatic heterocycles. The van der Waals surface area contributed by atoms with Crippen molar-refractivity contribution in [2.45, 2.75) is 43.6 Å². The van der Waals surface area contributed by atoms with Crippen LogP contribution in [0.15, 0.2) is 18.6 Å². The number of carboxylic acids is 1. The molecule has 0 saturated heterocycles. The molecule has 5 rings (SSSR count).